The number of nitrogens with two attached hydrogens (primary N) is 1. The fraction of sp³-hybridized carbons (Fsp3) is 0.561. The van der Waals surface area contributed by atoms with Gasteiger partial charge < -0.3 is 44.9 Å². The van der Waals surface area contributed by atoms with E-state index in [-0.39, 0.29) is 24.2 Å². The van der Waals surface area contributed by atoms with Crippen molar-refractivity contribution in [1.82, 2.24) is 29.6 Å². The molecule has 4 fully saturated rings. The lowest BCUT2D eigenvalue weighted by atomic mass is 9.96. The fourth-order valence-corrected chi connectivity index (χ4v) is 18.8. The first-order valence-corrected chi connectivity index (χ1v) is 35.6. The van der Waals surface area contributed by atoms with Crippen LogP contribution in [0.5, 0.6) is 0 Å². The highest BCUT2D eigenvalue weighted by Crippen LogP contribution is 2.48. The van der Waals surface area contributed by atoms with Crippen LogP contribution in [0.25, 0.3) is 41.6 Å². The Hall–Kier alpha value is -4.81. The van der Waals surface area contributed by atoms with Crippen LogP contribution >= 0.6 is 77.2 Å². The first kappa shape index (κ1) is 66.1. The first-order valence-electron chi connectivity index (χ1n) is 30.8. The van der Waals surface area contributed by atoms with Gasteiger partial charge >= 0.3 is 18.3 Å². The Morgan fingerprint density at radius 2 is 1.14 bits per heavy atom. The van der Waals surface area contributed by atoms with Crippen LogP contribution in [0.4, 0.5) is 19.4 Å². The van der Waals surface area contributed by atoms with Crippen molar-refractivity contribution in [2.75, 3.05) is 51.6 Å². The molecule has 6 aliphatic rings. The second-order valence-electron chi connectivity index (χ2n) is 27.6. The van der Waals surface area contributed by atoms with Crippen LogP contribution in [-0.4, -0.2) is 129 Å². The van der Waals surface area contributed by atoms with Gasteiger partial charge in [-0.1, -0.05) is 44.9 Å². The maximum atomic E-state index is 13.3. The summed E-state index contributed by atoms with van der Waals surface area (Å²) in [6, 6.07) is 12.6. The Bertz CT molecular complexity index is 3570. The van der Waals surface area contributed by atoms with Crippen LogP contribution in [0.1, 0.15) is 133 Å². The number of ketones is 1. The number of carbonyl (C=O) groups is 5. The number of benzene rings is 2. The summed E-state index contributed by atoms with van der Waals surface area (Å²) in [4.78, 5) is 83.6. The second-order valence-corrected chi connectivity index (χ2v) is 33.8. The number of amides is 4. The molecule has 2 saturated carbocycles. The van der Waals surface area contributed by atoms with E-state index in [0.29, 0.717) is 73.8 Å². The molecule has 2 aromatic carbocycles. The highest BCUT2D eigenvalue weighted by Gasteiger charge is 2.44. The monoisotopic (exact) mass is 1400 g/mol. The molecule has 2 unspecified atom stereocenters. The molecule has 2 aliphatic carbocycles. The van der Waals surface area contributed by atoms with Crippen molar-refractivity contribution in [1.29, 1.82) is 0 Å². The molecule has 0 radical (unpaired) electrons. The van der Waals surface area contributed by atoms with E-state index in [2.05, 4.69) is 73.9 Å². The maximum Gasteiger partial charge on any atom is 0.410 e. The molecule has 22 heteroatoms. The van der Waals surface area contributed by atoms with Crippen molar-refractivity contribution in [2.24, 2.45) is 35.3 Å². The number of hydrogen-bond acceptors (Lipinski definition) is 16. The number of fused-ring (bicyclic) bond motifs is 6. The summed E-state index contributed by atoms with van der Waals surface area (Å²) in [5, 5.41) is 5.59. The van der Waals surface area contributed by atoms with Gasteiger partial charge in [0, 0.05) is 99.4 Å². The predicted molar refractivity (Wildman–Crippen MR) is 363 cm³/mol. The number of nitrogens with zero attached hydrogens (tertiary/aromatic N) is 6. The average Bonchev–Trinajstić information content (AvgIpc) is 1.71. The van der Waals surface area contributed by atoms with E-state index >= 15 is 0 Å². The minimum Gasteiger partial charge on any atom is -0.444 e. The van der Waals surface area contributed by atoms with Crippen molar-refractivity contribution < 1.29 is 38.2 Å². The Kier molecular flexibility index (Phi) is 20.4. The van der Waals surface area contributed by atoms with Crippen LogP contribution < -0.4 is 11.1 Å². The van der Waals surface area contributed by atoms with Crippen LogP contribution in [0, 0.1) is 29.6 Å². The van der Waals surface area contributed by atoms with Gasteiger partial charge in [-0.2, -0.15) is 0 Å². The molecule has 4 amide bonds. The van der Waals surface area contributed by atoms with Gasteiger partial charge in [0.25, 0.3) is 0 Å². The largest absolute Gasteiger partial charge is 0.444 e. The average molecular weight is 1410 g/mol. The van der Waals surface area contributed by atoms with Crippen LogP contribution in [0.3, 0.4) is 0 Å². The van der Waals surface area contributed by atoms with E-state index in [9.17, 15) is 24.0 Å². The van der Waals surface area contributed by atoms with E-state index in [1.165, 1.54) is 55.8 Å². The summed E-state index contributed by atoms with van der Waals surface area (Å²) in [7, 11) is 2.18. The van der Waals surface area contributed by atoms with Crippen molar-refractivity contribution in [3.8, 4) is 21.1 Å². The van der Waals surface area contributed by atoms with Crippen LogP contribution in [0.15, 0.2) is 58.0 Å². The third-order valence-corrected chi connectivity index (χ3v) is 22.4. The van der Waals surface area contributed by atoms with E-state index in [1.54, 1.807) is 27.6 Å². The van der Waals surface area contributed by atoms with Crippen LogP contribution in [-0.2, 0) is 56.2 Å². The third-order valence-electron chi connectivity index (χ3n) is 16.9. The quantitative estimate of drug-likeness (QED) is 0.0976. The zero-order valence-electron chi connectivity index (χ0n) is 52.4. The number of Topliss-reactive ketones (excluding diaryl/α,β-unsaturated/α-hetero) is 1. The summed E-state index contributed by atoms with van der Waals surface area (Å²) in [6.45, 7) is 26.9. The fourth-order valence-electron chi connectivity index (χ4n) is 13.2. The number of carbonyl (C=O) groups excluding carboxylic acids is 5. The number of ether oxygens (including phenoxy) is 3. The lowest BCUT2D eigenvalue weighted by molar-refractivity contribution is -0.118. The van der Waals surface area contributed by atoms with Crippen molar-refractivity contribution in [3.05, 3.63) is 83.8 Å². The highest BCUT2D eigenvalue weighted by molar-refractivity contribution is 9.10. The number of halogens is 2. The van der Waals surface area contributed by atoms with Crippen LogP contribution in [0.2, 0.25) is 0 Å². The van der Waals surface area contributed by atoms with Gasteiger partial charge in [0.15, 0.2) is 0 Å². The van der Waals surface area contributed by atoms with E-state index in [4.69, 9.17) is 29.9 Å². The molecule has 474 valence electrons. The molecule has 4 aliphatic heterocycles. The summed E-state index contributed by atoms with van der Waals surface area (Å²) < 4.78 is 20.8. The molecule has 0 spiro atoms. The minimum atomic E-state index is -0.545. The standard InChI is InChI=1S/C32H40BrN3O3S2.C22H22BrN3O3S2.C12H22N2O2/c1-32(2,3)39-31(38)36-16-20-12-19(13-21(20)17-36)6-5-7-23(37)15-27-29(24-10-11-35(4)18-28(24)40-27)30-34-25-14-22(33)8-9-26(25)41-30;1-5-17(27)25-20-18(19-24-14-10-12(23)6-7-15(14)30-19)13-8-9-26(11-16(13)31-20)21(28)29-22(2,3)4;1-12(2,3)16-11(15)14-6-8-4-10(13)5-9(8)7-14/h8-9,14,19-21H,5-7,10-13,15-18H2,1-4H3;5-7,10H,1,8-9,11H2,2-4H3,(H,25,27);8-10H,4-7,13H2,1-3H3/t19?,20-,21+;;8-,9+,10?. The Balaban J connectivity index is 0.000000160. The van der Waals surface area contributed by atoms with Gasteiger partial charge in [-0.15, -0.1) is 45.3 Å². The first-order chi connectivity index (χ1) is 41.5. The van der Waals surface area contributed by atoms with Gasteiger partial charge in [0.1, 0.15) is 37.6 Å². The van der Waals surface area contributed by atoms with Crippen molar-refractivity contribution >= 4 is 133 Å². The lowest BCUT2D eigenvalue weighted by Crippen LogP contribution is -2.39. The molecule has 6 atom stereocenters. The maximum absolute atomic E-state index is 13.3. The Labute approximate surface area is 550 Å². The van der Waals surface area contributed by atoms with E-state index in [0.717, 1.165) is 127 Å². The number of aromatic nitrogens is 2. The molecule has 6 aromatic rings. The second kappa shape index (κ2) is 27.2. The van der Waals surface area contributed by atoms with Gasteiger partial charge in [0.05, 0.1) is 27.0 Å². The SMILES string of the molecule is C=CC(=O)Nc1sc2c(c1-c1nc3cc(Br)ccc3s1)CCN(C(=O)OC(C)(C)C)C2.CC(C)(C)OC(=O)N1C[C@H]2CC(N)C[C@H]2C1.CN1CCc2c(sc(CC(=O)CCCC3C[C@@H]4CN(C(=O)OC(C)(C)C)C[C@@H]4C3)c2-c2nc3cc(Br)ccc3s2)C1. The number of thiophene rings is 2. The number of hydrogen-bond donors (Lipinski definition) is 2. The van der Waals surface area contributed by atoms with Gasteiger partial charge in [-0.05, 0) is 197 Å². The summed E-state index contributed by atoms with van der Waals surface area (Å²) in [5.41, 5.74) is 11.2. The number of anilines is 1. The smallest absolute Gasteiger partial charge is 0.410 e. The van der Waals surface area contributed by atoms with E-state index in [1.807, 2.05) is 102 Å². The van der Waals surface area contributed by atoms with Gasteiger partial charge in [-0.25, -0.2) is 24.4 Å². The Morgan fingerprint density at radius 1 is 0.659 bits per heavy atom. The lowest BCUT2D eigenvalue weighted by Gasteiger charge is -2.30. The molecule has 3 N–H and O–H groups in total. The topological polar surface area (TPSA) is 190 Å². The number of likely N-dealkylation sites (N-methyl/N-ethyl adjacent to an activating group) is 1. The minimum absolute atomic E-state index is 0.171. The zero-order valence-corrected chi connectivity index (χ0v) is 58.8. The summed E-state index contributed by atoms with van der Waals surface area (Å²) >= 11 is 13.7. The number of likely N-dealkylation sites (tertiary alicyclic amines) is 2. The summed E-state index contributed by atoms with van der Waals surface area (Å²) in [5.74, 6) is 3.10. The Morgan fingerprint density at radius 3 is 1.66 bits per heavy atom. The molecule has 4 aromatic heterocycles. The molecule has 8 heterocycles. The molecular formula is C66H84Br2N8O8S4. The number of thiazole rings is 2. The van der Waals surface area contributed by atoms with Crippen molar-refractivity contribution in [3.63, 3.8) is 0 Å². The number of nitrogens with one attached hydrogen (secondary N) is 1. The van der Waals surface area contributed by atoms with E-state index < -0.39 is 16.8 Å². The van der Waals surface area contributed by atoms with Crippen molar-refractivity contribution in [2.45, 2.75) is 162 Å². The zero-order chi connectivity index (χ0) is 63.1. The molecule has 2 saturated heterocycles. The molecule has 12 rings (SSSR count). The third kappa shape index (κ3) is 16.4. The van der Waals surface area contributed by atoms with Gasteiger partial charge in [0.2, 0.25) is 5.91 Å². The van der Waals surface area contributed by atoms with Gasteiger partial charge in [-0.3, -0.25) is 9.59 Å². The number of rotatable bonds is 10. The molecule has 88 heavy (non-hydrogen) atoms. The highest BCUT2D eigenvalue weighted by atomic mass is 79.9. The summed E-state index contributed by atoms with van der Waals surface area (Å²) in [6.07, 6.45) is 9.94. The molecule has 0 bridgehead atoms. The molecular weight excluding hydrogens is 1320 g/mol. The normalized spacial score (nSPS) is 21.6. The molecule has 16 nitrogen and oxygen atoms in total. The predicted octanol–water partition coefficient (Wildman–Crippen LogP) is 15.7.